The molecule has 22 heavy (non-hydrogen) atoms. The van der Waals surface area contributed by atoms with Crippen LogP contribution in [0.3, 0.4) is 0 Å². The fourth-order valence-corrected chi connectivity index (χ4v) is 2.42. The molecule has 1 unspecified atom stereocenters. The second-order valence-electron chi connectivity index (χ2n) is 5.15. The van der Waals surface area contributed by atoms with E-state index in [0.29, 0.717) is 18.4 Å². The van der Waals surface area contributed by atoms with Crippen molar-refractivity contribution in [1.29, 1.82) is 5.26 Å². The Hall–Kier alpha value is -2.12. The van der Waals surface area contributed by atoms with Crippen molar-refractivity contribution in [2.45, 2.75) is 25.8 Å². The molecule has 1 atom stereocenters. The Kier molecular flexibility index (Phi) is 5.74. The average molecular weight is 357 g/mol. The standard InChI is InChI=1S/C18H17BrN2O/c1-13(16-7-9-17(19)10-8-16)21-18(22)11-6-14-2-4-15(12-20)5-3-14/h2-5,7-10,13H,6,11H2,1H3,(H,21,22). The molecule has 0 aromatic heterocycles. The lowest BCUT2D eigenvalue weighted by molar-refractivity contribution is -0.121. The molecule has 4 heteroatoms. The van der Waals surface area contributed by atoms with E-state index in [1.807, 2.05) is 43.3 Å². The minimum atomic E-state index is -0.0124. The number of rotatable bonds is 5. The predicted molar refractivity (Wildman–Crippen MR) is 90.2 cm³/mol. The van der Waals surface area contributed by atoms with Crippen molar-refractivity contribution < 1.29 is 4.79 Å². The molecule has 112 valence electrons. The number of nitriles is 1. The van der Waals surface area contributed by atoms with Crippen LogP contribution < -0.4 is 5.32 Å². The summed E-state index contributed by atoms with van der Waals surface area (Å²) in [6.07, 6.45) is 1.11. The number of amides is 1. The van der Waals surface area contributed by atoms with Crippen LogP contribution in [-0.4, -0.2) is 5.91 Å². The van der Waals surface area contributed by atoms with Crippen LogP contribution in [0.25, 0.3) is 0 Å². The summed E-state index contributed by atoms with van der Waals surface area (Å²) >= 11 is 3.40. The van der Waals surface area contributed by atoms with Gasteiger partial charge in [0.2, 0.25) is 5.91 Å². The van der Waals surface area contributed by atoms with Crippen LogP contribution in [0.2, 0.25) is 0 Å². The third-order valence-corrected chi connectivity index (χ3v) is 4.00. The topological polar surface area (TPSA) is 52.9 Å². The zero-order valence-electron chi connectivity index (χ0n) is 12.3. The van der Waals surface area contributed by atoms with Crippen molar-refractivity contribution in [3.63, 3.8) is 0 Å². The van der Waals surface area contributed by atoms with E-state index in [2.05, 4.69) is 27.3 Å². The first-order chi connectivity index (χ1) is 10.6. The van der Waals surface area contributed by atoms with Gasteiger partial charge in [0.1, 0.15) is 0 Å². The van der Waals surface area contributed by atoms with E-state index < -0.39 is 0 Å². The van der Waals surface area contributed by atoms with Crippen molar-refractivity contribution in [1.82, 2.24) is 5.32 Å². The van der Waals surface area contributed by atoms with Gasteiger partial charge in [0.15, 0.2) is 0 Å². The molecule has 2 aromatic carbocycles. The molecule has 0 aliphatic heterocycles. The van der Waals surface area contributed by atoms with Crippen LogP contribution in [0, 0.1) is 11.3 Å². The maximum absolute atomic E-state index is 12.0. The van der Waals surface area contributed by atoms with Crippen LogP contribution in [0.15, 0.2) is 53.0 Å². The molecule has 2 rings (SSSR count). The highest BCUT2D eigenvalue weighted by Gasteiger charge is 2.09. The number of hydrogen-bond donors (Lipinski definition) is 1. The van der Waals surface area contributed by atoms with Crippen LogP contribution >= 0.6 is 15.9 Å². The summed E-state index contributed by atoms with van der Waals surface area (Å²) in [4.78, 5) is 12.0. The molecule has 0 saturated carbocycles. The van der Waals surface area contributed by atoms with Crippen LogP contribution in [0.5, 0.6) is 0 Å². The molecule has 0 saturated heterocycles. The van der Waals surface area contributed by atoms with Gasteiger partial charge in [0, 0.05) is 10.9 Å². The van der Waals surface area contributed by atoms with E-state index in [4.69, 9.17) is 5.26 Å². The first-order valence-electron chi connectivity index (χ1n) is 7.12. The average Bonchev–Trinajstić information content (AvgIpc) is 2.54. The first-order valence-corrected chi connectivity index (χ1v) is 7.91. The number of carbonyl (C=O) groups excluding carboxylic acids is 1. The van der Waals surface area contributed by atoms with Crippen LogP contribution in [0.4, 0.5) is 0 Å². The molecule has 0 aliphatic carbocycles. The summed E-state index contributed by atoms with van der Waals surface area (Å²) in [6.45, 7) is 1.98. The second kappa shape index (κ2) is 7.77. The van der Waals surface area contributed by atoms with Gasteiger partial charge in [-0.05, 0) is 48.7 Å². The van der Waals surface area contributed by atoms with E-state index in [0.717, 1.165) is 15.6 Å². The Bertz CT molecular complexity index is 672. The number of benzene rings is 2. The molecule has 3 nitrogen and oxygen atoms in total. The third-order valence-electron chi connectivity index (χ3n) is 3.47. The fourth-order valence-electron chi connectivity index (χ4n) is 2.15. The van der Waals surface area contributed by atoms with Gasteiger partial charge in [-0.25, -0.2) is 0 Å². The van der Waals surface area contributed by atoms with E-state index in [1.165, 1.54) is 0 Å². The van der Waals surface area contributed by atoms with Gasteiger partial charge in [0.25, 0.3) is 0 Å². The van der Waals surface area contributed by atoms with Crippen LogP contribution in [0.1, 0.15) is 36.1 Å². The van der Waals surface area contributed by atoms with Gasteiger partial charge in [0.05, 0.1) is 17.7 Å². The van der Waals surface area contributed by atoms with Crippen molar-refractivity contribution >= 4 is 21.8 Å². The summed E-state index contributed by atoms with van der Waals surface area (Å²) in [7, 11) is 0. The minimum absolute atomic E-state index is 0.0124. The van der Waals surface area contributed by atoms with E-state index >= 15 is 0 Å². The van der Waals surface area contributed by atoms with E-state index in [9.17, 15) is 4.79 Å². The third kappa shape index (κ3) is 4.71. The van der Waals surface area contributed by atoms with E-state index in [-0.39, 0.29) is 11.9 Å². The molecule has 0 aliphatic rings. The Balaban J connectivity index is 1.84. The number of hydrogen-bond acceptors (Lipinski definition) is 2. The zero-order valence-corrected chi connectivity index (χ0v) is 13.9. The second-order valence-corrected chi connectivity index (χ2v) is 6.07. The first kappa shape index (κ1) is 16.3. The minimum Gasteiger partial charge on any atom is -0.350 e. The van der Waals surface area contributed by atoms with Gasteiger partial charge in [-0.2, -0.15) is 5.26 Å². The van der Waals surface area contributed by atoms with Gasteiger partial charge in [-0.3, -0.25) is 4.79 Å². The van der Waals surface area contributed by atoms with Gasteiger partial charge >= 0.3 is 0 Å². The summed E-state index contributed by atoms with van der Waals surface area (Å²) in [5.41, 5.74) is 2.78. The number of nitrogens with zero attached hydrogens (tertiary/aromatic N) is 1. The Morgan fingerprint density at radius 1 is 1.18 bits per heavy atom. The monoisotopic (exact) mass is 356 g/mol. The molecule has 1 amide bonds. The summed E-state index contributed by atoms with van der Waals surface area (Å²) < 4.78 is 1.02. The number of aryl methyl sites for hydroxylation is 1. The van der Waals surface area contributed by atoms with Gasteiger partial charge < -0.3 is 5.32 Å². The highest BCUT2D eigenvalue weighted by Crippen LogP contribution is 2.16. The number of halogens is 1. The predicted octanol–water partition coefficient (Wildman–Crippen LogP) is 4.13. The Labute approximate surface area is 139 Å². The fraction of sp³-hybridized carbons (Fsp3) is 0.222. The molecule has 1 N–H and O–H groups in total. The molecule has 0 radical (unpaired) electrons. The van der Waals surface area contributed by atoms with Crippen LogP contribution in [-0.2, 0) is 11.2 Å². The quantitative estimate of drug-likeness (QED) is 0.875. The van der Waals surface area contributed by atoms with Crippen molar-refractivity contribution in [2.24, 2.45) is 0 Å². The van der Waals surface area contributed by atoms with Crippen molar-refractivity contribution in [2.75, 3.05) is 0 Å². The van der Waals surface area contributed by atoms with Gasteiger partial charge in [-0.15, -0.1) is 0 Å². The molecular weight excluding hydrogens is 340 g/mol. The molecule has 2 aromatic rings. The summed E-state index contributed by atoms with van der Waals surface area (Å²) in [5.74, 6) is 0.0276. The highest BCUT2D eigenvalue weighted by atomic mass is 79.9. The van der Waals surface area contributed by atoms with Crippen molar-refractivity contribution in [3.8, 4) is 6.07 Å². The Morgan fingerprint density at radius 2 is 1.82 bits per heavy atom. The largest absolute Gasteiger partial charge is 0.350 e. The number of nitrogens with one attached hydrogen (secondary N) is 1. The van der Waals surface area contributed by atoms with Crippen molar-refractivity contribution in [3.05, 3.63) is 69.7 Å². The number of carbonyl (C=O) groups is 1. The maximum Gasteiger partial charge on any atom is 0.220 e. The summed E-state index contributed by atoms with van der Waals surface area (Å²) in [5, 5.41) is 11.8. The highest BCUT2D eigenvalue weighted by molar-refractivity contribution is 9.10. The smallest absolute Gasteiger partial charge is 0.220 e. The lowest BCUT2D eigenvalue weighted by Crippen LogP contribution is -2.26. The Morgan fingerprint density at radius 3 is 2.41 bits per heavy atom. The normalized spacial score (nSPS) is 11.5. The molecule has 0 spiro atoms. The molecule has 0 bridgehead atoms. The maximum atomic E-state index is 12.0. The summed E-state index contributed by atoms with van der Waals surface area (Å²) in [6, 6.07) is 17.3. The lowest BCUT2D eigenvalue weighted by Gasteiger charge is -2.14. The van der Waals surface area contributed by atoms with Gasteiger partial charge in [-0.1, -0.05) is 40.2 Å². The molecule has 0 fully saturated rings. The van der Waals surface area contributed by atoms with E-state index in [1.54, 1.807) is 12.1 Å². The lowest BCUT2D eigenvalue weighted by atomic mass is 10.1. The molecule has 0 heterocycles. The molecular formula is C18H17BrN2O. The SMILES string of the molecule is CC(NC(=O)CCc1ccc(C#N)cc1)c1ccc(Br)cc1. The zero-order chi connectivity index (χ0) is 15.9.